The van der Waals surface area contributed by atoms with E-state index in [0.717, 1.165) is 6.42 Å². The van der Waals surface area contributed by atoms with Gasteiger partial charge in [-0.25, -0.2) is 0 Å². The first kappa shape index (κ1) is 11.2. The van der Waals surface area contributed by atoms with Gasteiger partial charge >= 0.3 is 0 Å². The van der Waals surface area contributed by atoms with E-state index < -0.39 is 0 Å². The normalized spacial score (nSPS) is 11.6. The summed E-state index contributed by atoms with van der Waals surface area (Å²) in [4.78, 5) is 0. The molecule has 0 radical (unpaired) electrons. The predicted octanol–water partition coefficient (Wildman–Crippen LogP) is 3.03. The second-order valence-electron chi connectivity index (χ2n) is 4.70. The van der Waals surface area contributed by atoms with Crippen molar-refractivity contribution < 1.29 is 0 Å². The molecule has 0 amide bonds. The Labute approximate surface area is 97.1 Å². The Hall–Kier alpha value is -1.28. The molecule has 16 heavy (non-hydrogen) atoms. The standard InChI is InChI=1S/C14H20N2/c1-10(2)16-13(6-7-15)9-12-8-11(3)4-5-14(12)16/h4-5,8-10H,6-7,15H2,1-3H3. The van der Waals surface area contributed by atoms with Crippen LogP contribution in [0.3, 0.4) is 0 Å². The van der Waals surface area contributed by atoms with E-state index in [-0.39, 0.29) is 0 Å². The van der Waals surface area contributed by atoms with Gasteiger partial charge in [-0.3, -0.25) is 0 Å². The van der Waals surface area contributed by atoms with Crippen molar-refractivity contribution in [2.45, 2.75) is 33.2 Å². The Bertz CT molecular complexity index is 495. The van der Waals surface area contributed by atoms with Crippen LogP contribution < -0.4 is 5.73 Å². The summed E-state index contributed by atoms with van der Waals surface area (Å²) in [6, 6.07) is 9.39. The molecule has 1 aromatic heterocycles. The van der Waals surface area contributed by atoms with Crippen molar-refractivity contribution in [3.63, 3.8) is 0 Å². The highest BCUT2D eigenvalue weighted by Gasteiger charge is 2.10. The van der Waals surface area contributed by atoms with Gasteiger partial charge in [-0.05, 0) is 51.9 Å². The fourth-order valence-electron chi connectivity index (χ4n) is 2.36. The lowest BCUT2D eigenvalue weighted by atomic mass is 10.2. The second kappa shape index (κ2) is 4.30. The third-order valence-electron chi connectivity index (χ3n) is 2.99. The Balaban J connectivity index is 2.65. The molecule has 1 aromatic carbocycles. The predicted molar refractivity (Wildman–Crippen MR) is 69.8 cm³/mol. The van der Waals surface area contributed by atoms with Crippen LogP contribution in [0.5, 0.6) is 0 Å². The molecule has 2 nitrogen and oxygen atoms in total. The van der Waals surface area contributed by atoms with Crippen LogP contribution in [0.2, 0.25) is 0 Å². The van der Waals surface area contributed by atoms with Crippen LogP contribution in [-0.2, 0) is 6.42 Å². The van der Waals surface area contributed by atoms with Crippen molar-refractivity contribution in [3.8, 4) is 0 Å². The van der Waals surface area contributed by atoms with E-state index in [1.165, 1.54) is 22.2 Å². The van der Waals surface area contributed by atoms with Gasteiger partial charge in [0.25, 0.3) is 0 Å². The van der Waals surface area contributed by atoms with Crippen LogP contribution in [0.15, 0.2) is 24.3 Å². The summed E-state index contributed by atoms with van der Waals surface area (Å²) in [5, 5.41) is 1.33. The van der Waals surface area contributed by atoms with E-state index in [9.17, 15) is 0 Å². The van der Waals surface area contributed by atoms with Gasteiger partial charge in [-0.15, -0.1) is 0 Å². The number of benzene rings is 1. The highest BCUT2D eigenvalue weighted by molar-refractivity contribution is 5.82. The van der Waals surface area contributed by atoms with Gasteiger partial charge in [0.2, 0.25) is 0 Å². The summed E-state index contributed by atoms with van der Waals surface area (Å²) in [6.45, 7) is 7.29. The van der Waals surface area contributed by atoms with E-state index in [1.807, 2.05) is 0 Å². The number of aromatic nitrogens is 1. The lowest BCUT2D eigenvalue weighted by Crippen LogP contribution is -2.10. The molecule has 0 saturated heterocycles. The summed E-state index contributed by atoms with van der Waals surface area (Å²) in [5.74, 6) is 0. The Kier molecular flexibility index (Phi) is 3.01. The largest absolute Gasteiger partial charge is 0.342 e. The van der Waals surface area contributed by atoms with E-state index in [1.54, 1.807) is 0 Å². The van der Waals surface area contributed by atoms with Crippen molar-refractivity contribution in [1.82, 2.24) is 4.57 Å². The quantitative estimate of drug-likeness (QED) is 0.840. The van der Waals surface area contributed by atoms with Gasteiger partial charge < -0.3 is 10.3 Å². The number of nitrogens with two attached hydrogens (primary N) is 1. The molecule has 0 fully saturated rings. The molecule has 86 valence electrons. The summed E-state index contributed by atoms with van der Waals surface area (Å²) < 4.78 is 2.39. The monoisotopic (exact) mass is 216 g/mol. The van der Waals surface area contributed by atoms with Crippen molar-refractivity contribution >= 4 is 10.9 Å². The molecule has 0 spiro atoms. The number of hydrogen-bond donors (Lipinski definition) is 1. The number of aryl methyl sites for hydroxylation is 1. The third kappa shape index (κ3) is 1.85. The van der Waals surface area contributed by atoms with Crippen LogP contribution in [-0.4, -0.2) is 11.1 Å². The Morgan fingerprint density at radius 3 is 2.62 bits per heavy atom. The number of nitrogens with zero attached hydrogens (tertiary/aromatic N) is 1. The molecule has 0 atom stereocenters. The zero-order valence-corrected chi connectivity index (χ0v) is 10.3. The minimum absolute atomic E-state index is 0.488. The smallest absolute Gasteiger partial charge is 0.0485 e. The van der Waals surface area contributed by atoms with E-state index in [2.05, 4.69) is 49.6 Å². The van der Waals surface area contributed by atoms with Crippen molar-refractivity contribution in [2.24, 2.45) is 5.73 Å². The molecule has 0 aliphatic rings. The molecule has 2 heteroatoms. The molecule has 1 heterocycles. The van der Waals surface area contributed by atoms with Gasteiger partial charge in [0.1, 0.15) is 0 Å². The first-order chi connectivity index (χ1) is 7.63. The first-order valence-electron chi connectivity index (χ1n) is 5.94. The highest BCUT2D eigenvalue weighted by Crippen LogP contribution is 2.25. The number of hydrogen-bond acceptors (Lipinski definition) is 1. The minimum atomic E-state index is 0.488. The first-order valence-corrected chi connectivity index (χ1v) is 5.94. The third-order valence-corrected chi connectivity index (χ3v) is 2.99. The van der Waals surface area contributed by atoms with Gasteiger partial charge in [0.05, 0.1) is 0 Å². The van der Waals surface area contributed by atoms with Crippen LogP contribution in [0.1, 0.15) is 31.1 Å². The Morgan fingerprint density at radius 2 is 2.00 bits per heavy atom. The average molecular weight is 216 g/mol. The zero-order valence-electron chi connectivity index (χ0n) is 10.3. The minimum Gasteiger partial charge on any atom is -0.342 e. The van der Waals surface area contributed by atoms with Gasteiger partial charge in [-0.2, -0.15) is 0 Å². The van der Waals surface area contributed by atoms with Crippen LogP contribution >= 0.6 is 0 Å². The molecule has 2 rings (SSSR count). The van der Waals surface area contributed by atoms with Crippen LogP contribution in [0, 0.1) is 6.92 Å². The second-order valence-corrected chi connectivity index (χ2v) is 4.70. The topological polar surface area (TPSA) is 30.9 Å². The highest BCUT2D eigenvalue weighted by atomic mass is 15.0. The van der Waals surface area contributed by atoms with Crippen molar-refractivity contribution in [3.05, 3.63) is 35.5 Å². The summed E-state index contributed by atoms with van der Waals surface area (Å²) in [6.07, 6.45) is 0.950. The van der Waals surface area contributed by atoms with Crippen LogP contribution in [0.25, 0.3) is 10.9 Å². The lowest BCUT2D eigenvalue weighted by molar-refractivity contribution is 0.594. The molecule has 2 aromatic rings. The van der Waals surface area contributed by atoms with E-state index in [0.29, 0.717) is 12.6 Å². The maximum Gasteiger partial charge on any atom is 0.0485 e. The molecule has 2 N–H and O–H groups in total. The van der Waals surface area contributed by atoms with Gasteiger partial charge in [0.15, 0.2) is 0 Å². The summed E-state index contributed by atoms with van der Waals surface area (Å²) >= 11 is 0. The molecule has 0 bridgehead atoms. The number of rotatable bonds is 3. The average Bonchev–Trinajstić information content (AvgIpc) is 2.55. The zero-order chi connectivity index (χ0) is 11.7. The maximum atomic E-state index is 5.67. The van der Waals surface area contributed by atoms with Crippen molar-refractivity contribution in [2.75, 3.05) is 6.54 Å². The molecular formula is C14H20N2. The number of fused-ring (bicyclic) bond motifs is 1. The Morgan fingerprint density at radius 1 is 1.25 bits per heavy atom. The molecule has 0 aliphatic heterocycles. The van der Waals surface area contributed by atoms with Gasteiger partial charge in [0, 0.05) is 22.6 Å². The molecule has 0 unspecified atom stereocenters. The van der Waals surface area contributed by atoms with Gasteiger partial charge in [-0.1, -0.05) is 11.6 Å². The fourth-order valence-corrected chi connectivity index (χ4v) is 2.36. The van der Waals surface area contributed by atoms with Crippen molar-refractivity contribution in [1.29, 1.82) is 0 Å². The fraction of sp³-hybridized carbons (Fsp3) is 0.429. The van der Waals surface area contributed by atoms with Crippen LogP contribution in [0.4, 0.5) is 0 Å². The summed E-state index contributed by atoms with van der Waals surface area (Å²) in [7, 11) is 0. The SMILES string of the molecule is Cc1ccc2c(c1)cc(CCN)n2C(C)C. The lowest BCUT2D eigenvalue weighted by Gasteiger charge is -2.14. The maximum absolute atomic E-state index is 5.67. The molecular weight excluding hydrogens is 196 g/mol. The van der Waals surface area contributed by atoms with E-state index >= 15 is 0 Å². The molecule has 0 saturated carbocycles. The molecule has 0 aliphatic carbocycles. The summed E-state index contributed by atoms with van der Waals surface area (Å²) in [5.41, 5.74) is 9.65. The van der Waals surface area contributed by atoms with E-state index in [4.69, 9.17) is 5.73 Å².